The minimum atomic E-state index is -4.26. The van der Waals surface area contributed by atoms with Crippen molar-refractivity contribution in [2.75, 3.05) is 6.54 Å². The third-order valence-electron chi connectivity index (χ3n) is 3.86. The SMILES string of the molecule is CC(C)N1Cc2cc(C(F)(F)F)ccc2C(C)(C)C1. The smallest absolute Gasteiger partial charge is 0.296 e. The summed E-state index contributed by atoms with van der Waals surface area (Å²) in [6.07, 6.45) is -4.26. The fourth-order valence-corrected chi connectivity index (χ4v) is 2.79. The molecule has 2 rings (SSSR count). The maximum Gasteiger partial charge on any atom is 0.416 e. The first kappa shape index (κ1) is 14.4. The molecule has 1 nitrogen and oxygen atoms in total. The molecule has 0 aromatic heterocycles. The summed E-state index contributed by atoms with van der Waals surface area (Å²) in [5, 5.41) is 0. The van der Waals surface area contributed by atoms with Gasteiger partial charge in [0.05, 0.1) is 5.56 Å². The molecule has 0 amide bonds. The summed E-state index contributed by atoms with van der Waals surface area (Å²) in [4.78, 5) is 2.22. The lowest BCUT2D eigenvalue weighted by molar-refractivity contribution is -0.137. The fraction of sp³-hybridized carbons (Fsp3) is 0.600. The van der Waals surface area contributed by atoms with E-state index in [-0.39, 0.29) is 5.41 Å². The van der Waals surface area contributed by atoms with Crippen molar-refractivity contribution < 1.29 is 13.2 Å². The molecule has 1 aromatic carbocycles. The summed E-state index contributed by atoms with van der Waals surface area (Å²) in [6, 6.07) is 4.49. The van der Waals surface area contributed by atoms with Gasteiger partial charge >= 0.3 is 6.18 Å². The molecule has 106 valence electrons. The van der Waals surface area contributed by atoms with E-state index >= 15 is 0 Å². The summed E-state index contributed by atoms with van der Waals surface area (Å²) in [5.41, 5.74) is 1.19. The molecule has 0 atom stereocenters. The molecule has 0 aliphatic carbocycles. The summed E-state index contributed by atoms with van der Waals surface area (Å²) in [5.74, 6) is 0. The van der Waals surface area contributed by atoms with Crippen LogP contribution in [0.1, 0.15) is 44.4 Å². The van der Waals surface area contributed by atoms with E-state index in [9.17, 15) is 13.2 Å². The van der Waals surface area contributed by atoms with E-state index in [0.717, 1.165) is 17.7 Å². The first-order chi connectivity index (χ1) is 8.61. The third-order valence-corrected chi connectivity index (χ3v) is 3.86. The molecule has 0 N–H and O–H groups in total. The van der Waals surface area contributed by atoms with Crippen molar-refractivity contribution in [1.82, 2.24) is 4.90 Å². The average molecular weight is 271 g/mol. The van der Waals surface area contributed by atoms with E-state index in [2.05, 4.69) is 32.6 Å². The molecule has 0 radical (unpaired) electrons. The van der Waals surface area contributed by atoms with Crippen molar-refractivity contribution in [1.29, 1.82) is 0 Å². The standard InChI is InChI=1S/C15H20F3N/c1-10(2)19-8-11-7-12(15(16,17)18)5-6-13(11)14(3,4)9-19/h5-7,10H,8-9H2,1-4H3. The lowest BCUT2D eigenvalue weighted by atomic mass is 9.77. The van der Waals surface area contributed by atoms with Crippen LogP contribution < -0.4 is 0 Å². The second-order valence-electron chi connectivity index (χ2n) is 6.25. The predicted molar refractivity (Wildman–Crippen MR) is 70.0 cm³/mol. The highest BCUT2D eigenvalue weighted by molar-refractivity contribution is 5.40. The van der Waals surface area contributed by atoms with Crippen LogP contribution in [0.25, 0.3) is 0 Å². The lowest BCUT2D eigenvalue weighted by Crippen LogP contribution is -2.45. The van der Waals surface area contributed by atoms with Gasteiger partial charge in [-0.15, -0.1) is 0 Å². The number of nitrogens with zero attached hydrogens (tertiary/aromatic N) is 1. The molecule has 1 aliphatic rings. The molecule has 1 aromatic rings. The summed E-state index contributed by atoms with van der Waals surface area (Å²) >= 11 is 0. The van der Waals surface area contributed by atoms with Gasteiger partial charge in [0.1, 0.15) is 0 Å². The van der Waals surface area contributed by atoms with Gasteiger partial charge in [-0.05, 0) is 37.1 Å². The maximum absolute atomic E-state index is 12.8. The molecule has 19 heavy (non-hydrogen) atoms. The molecule has 0 unspecified atom stereocenters. The quantitative estimate of drug-likeness (QED) is 0.739. The van der Waals surface area contributed by atoms with Gasteiger partial charge in [-0.25, -0.2) is 0 Å². The van der Waals surface area contributed by atoms with Gasteiger partial charge < -0.3 is 0 Å². The number of halogens is 3. The molecule has 0 saturated carbocycles. The average Bonchev–Trinajstić information content (AvgIpc) is 2.25. The molecule has 0 saturated heterocycles. The Balaban J connectivity index is 2.46. The van der Waals surface area contributed by atoms with E-state index in [1.54, 1.807) is 6.07 Å². The number of hydrogen-bond donors (Lipinski definition) is 0. The molecule has 0 fully saturated rings. The largest absolute Gasteiger partial charge is 0.416 e. The summed E-state index contributed by atoms with van der Waals surface area (Å²) in [7, 11) is 0. The van der Waals surface area contributed by atoms with Gasteiger partial charge in [-0.3, -0.25) is 4.90 Å². The highest BCUT2D eigenvalue weighted by atomic mass is 19.4. The molecule has 0 spiro atoms. The third kappa shape index (κ3) is 2.78. The van der Waals surface area contributed by atoms with E-state index in [1.165, 1.54) is 12.1 Å². The van der Waals surface area contributed by atoms with Crippen molar-refractivity contribution in [3.8, 4) is 0 Å². The maximum atomic E-state index is 12.8. The van der Waals surface area contributed by atoms with Crippen LogP contribution >= 0.6 is 0 Å². The van der Waals surface area contributed by atoms with Crippen LogP contribution in [0.3, 0.4) is 0 Å². The fourth-order valence-electron chi connectivity index (χ4n) is 2.79. The van der Waals surface area contributed by atoms with E-state index in [4.69, 9.17) is 0 Å². The van der Waals surface area contributed by atoms with Crippen LogP contribution in [0.5, 0.6) is 0 Å². The van der Waals surface area contributed by atoms with Gasteiger partial charge in [0.2, 0.25) is 0 Å². The van der Waals surface area contributed by atoms with Crippen LogP contribution in [-0.2, 0) is 18.1 Å². The van der Waals surface area contributed by atoms with E-state index in [1.807, 2.05) is 0 Å². The van der Waals surface area contributed by atoms with Crippen molar-refractivity contribution in [3.05, 3.63) is 34.9 Å². The Kier molecular flexibility index (Phi) is 3.42. The Hall–Kier alpha value is -1.03. The predicted octanol–water partition coefficient (Wildman–Crippen LogP) is 4.21. The number of fused-ring (bicyclic) bond motifs is 1. The summed E-state index contributed by atoms with van der Waals surface area (Å²) in [6.45, 7) is 9.81. The van der Waals surface area contributed by atoms with Crippen molar-refractivity contribution in [3.63, 3.8) is 0 Å². The van der Waals surface area contributed by atoms with Crippen LogP contribution in [0.15, 0.2) is 18.2 Å². The van der Waals surface area contributed by atoms with Crippen molar-refractivity contribution >= 4 is 0 Å². The van der Waals surface area contributed by atoms with E-state index < -0.39 is 11.7 Å². The van der Waals surface area contributed by atoms with Crippen LogP contribution in [0, 0.1) is 0 Å². The second-order valence-corrected chi connectivity index (χ2v) is 6.25. The molecule has 4 heteroatoms. The zero-order chi connectivity index (χ0) is 14.4. The number of hydrogen-bond acceptors (Lipinski definition) is 1. The van der Waals surface area contributed by atoms with Gasteiger partial charge in [0, 0.05) is 24.5 Å². The number of rotatable bonds is 1. The molecule has 1 aliphatic heterocycles. The number of benzene rings is 1. The first-order valence-corrected chi connectivity index (χ1v) is 6.56. The number of alkyl halides is 3. The lowest BCUT2D eigenvalue weighted by Gasteiger charge is -2.42. The second kappa shape index (κ2) is 4.51. The Morgan fingerprint density at radius 1 is 1.21 bits per heavy atom. The highest BCUT2D eigenvalue weighted by Gasteiger charge is 2.36. The topological polar surface area (TPSA) is 3.24 Å². The molecular formula is C15H20F3N. The van der Waals surface area contributed by atoms with Gasteiger partial charge in [-0.1, -0.05) is 19.9 Å². The van der Waals surface area contributed by atoms with E-state index in [0.29, 0.717) is 12.6 Å². The van der Waals surface area contributed by atoms with Crippen molar-refractivity contribution in [2.24, 2.45) is 0 Å². The Morgan fingerprint density at radius 3 is 2.37 bits per heavy atom. The molecule has 0 bridgehead atoms. The van der Waals surface area contributed by atoms with Crippen LogP contribution in [0.4, 0.5) is 13.2 Å². The molecular weight excluding hydrogens is 251 g/mol. The minimum absolute atomic E-state index is 0.109. The summed E-state index contributed by atoms with van der Waals surface area (Å²) < 4.78 is 38.4. The first-order valence-electron chi connectivity index (χ1n) is 6.56. The Bertz CT molecular complexity index is 475. The Labute approximate surface area is 112 Å². The van der Waals surface area contributed by atoms with Crippen molar-refractivity contribution in [2.45, 2.75) is 51.9 Å². The highest BCUT2D eigenvalue weighted by Crippen LogP contribution is 2.38. The minimum Gasteiger partial charge on any atom is -0.296 e. The van der Waals surface area contributed by atoms with Gasteiger partial charge in [-0.2, -0.15) is 13.2 Å². The molecule has 1 heterocycles. The zero-order valence-electron chi connectivity index (χ0n) is 11.8. The Morgan fingerprint density at radius 2 is 1.84 bits per heavy atom. The van der Waals surface area contributed by atoms with Gasteiger partial charge in [0.25, 0.3) is 0 Å². The van der Waals surface area contributed by atoms with Crippen LogP contribution in [0.2, 0.25) is 0 Å². The van der Waals surface area contributed by atoms with Gasteiger partial charge in [0.15, 0.2) is 0 Å². The van der Waals surface area contributed by atoms with Crippen LogP contribution in [-0.4, -0.2) is 17.5 Å². The zero-order valence-corrected chi connectivity index (χ0v) is 11.8. The monoisotopic (exact) mass is 271 g/mol. The normalized spacial score (nSPS) is 19.6.